The Hall–Kier alpha value is -3.24. The summed E-state index contributed by atoms with van der Waals surface area (Å²) in [7, 11) is 0. The highest BCUT2D eigenvalue weighted by Gasteiger charge is 2.41. The monoisotopic (exact) mass is 540 g/mol. The number of nitrogens with zero attached hydrogens (tertiary/aromatic N) is 4. The van der Waals surface area contributed by atoms with Gasteiger partial charge in [-0.15, -0.1) is 11.8 Å². The molecule has 2 amide bonds. The highest BCUT2D eigenvalue weighted by molar-refractivity contribution is 8.00. The summed E-state index contributed by atoms with van der Waals surface area (Å²) in [5.41, 5.74) is 1.85. The molecule has 2 aromatic carbocycles. The van der Waals surface area contributed by atoms with Crippen LogP contribution in [-0.4, -0.2) is 65.1 Å². The lowest BCUT2D eigenvalue weighted by Crippen LogP contribution is -2.48. The second-order valence-electron chi connectivity index (χ2n) is 10.4. The predicted octanol–water partition coefficient (Wildman–Crippen LogP) is 4.48. The molecule has 0 N–H and O–H groups in total. The summed E-state index contributed by atoms with van der Waals surface area (Å²) in [6.07, 6.45) is 0. The Balaban J connectivity index is 1.73. The van der Waals surface area contributed by atoms with E-state index in [0.29, 0.717) is 54.6 Å². The maximum atomic E-state index is 15.2. The molecule has 1 aromatic heterocycles. The molecule has 10 heteroatoms. The summed E-state index contributed by atoms with van der Waals surface area (Å²) in [6, 6.07) is 12.3. The van der Waals surface area contributed by atoms with Crippen LogP contribution in [0.15, 0.2) is 48.5 Å². The lowest BCUT2D eigenvalue weighted by molar-refractivity contribution is -0.134. The van der Waals surface area contributed by atoms with E-state index in [2.05, 4.69) is 0 Å². The van der Waals surface area contributed by atoms with Gasteiger partial charge in [-0.05, 0) is 30.3 Å². The van der Waals surface area contributed by atoms with Crippen molar-refractivity contribution in [1.29, 1.82) is 0 Å². The molecule has 0 saturated carbocycles. The van der Waals surface area contributed by atoms with Crippen LogP contribution in [0, 0.1) is 11.6 Å². The van der Waals surface area contributed by atoms with E-state index in [-0.39, 0.29) is 29.9 Å². The van der Waals surface area contributed by atoms with E-state index in [1.54, 1.807) is 39.9 Å². The Kier molecular flexibility index (Phi) is 7.28. The van der Waals surface area contributed by atoms with Gasteiger partial charge in [0.25, 0.3) is 0 Å². The van der Waals surface area contributed by atoms with Gasteiger partial charge in [-0.2, -0.15) is 5.10 Å². The zero-order chi connectivity index (χ0) is 27.0. The third-order valence-electron chi connectivity index (χ3n) is 6.72. The van der Waals surface area contributed by atoms with Gasteiger partial charge in [0.15, 0.2) is 0 Å². The van der Waals surface area contributed by atoms with Crippen molar-refractivity contribution in [2.24, 2.45) is 0 Å². The van der Waals surface area contributed by atoms with E-state index in [0.717, 1.165) is 0 Å². The molecule has 0 aliphatic carbocycles. The minimum atomic E-state index is -0.540. The molecule has 38 heavy (non-hydrogen) atoms. The van der Waals surface area contributed by atoms with Crippen LogP contribution >= 0.6 is 11.8 Å². The number of hydrogen-bond donors (Lipinski definition) is 0. The minimum Gasteiger partial charge on any atom is -0.378 e. The molecule has 3 aromatic rings. The van der Waals surface area contributed by atoms with Crippen LogP contribution in [0.3, 0.4) is 0 Å². The molecule has 0 bridgehead atoms. The Labute approximate surface area is 224 Å². The molecule has 1 fully saturated rings. The Morgan fingerprint density at radius 3 is 2.42 bits per heavy atom. The number of anilines is 1. The first-order valence-electron chi connectivity index (χ1n) is 12.6. The molecule has 0 radical (unpaired) electrons. The van der Waals surface area contributed by atoms with Gasteiger partial charge in [0.1, 0.15) is 24.0 Å². The van der Waals surface area contributed by atoms with E-state index < -0.39 is 16.5 Å². The van der Waals surface area contributed by atoms with E-state index in [1.807, 2.05) is 20.8 Å². The van der Waals surface area contributed by atoms with Gasteiger partial charge >= 0.3 is 0 Å². The smallest absolute Gasteiger partial charge is 0.242 e. The van der Waals surface area contributed by atoms with E-state index in [1.165, 1.54) is 34.9 Å². The number of thioether (sulfide) groups is 1. The molecular weight excluding hydrogens is 510 g/mol. The van der Waals surface area contributed by atoms with Gasteiger partial charge in [-0.25, -0.2) is 13.5 Å². The second kappa shape index (κ2) is 10.5. The maximum absolute atomic E-state index is 15.2. The minimum absolute atomic E-state index is 0.0527. The fourth-order valence-electron chi connectivity index (χ4n) is 4.82. The topological polar surface area (TPSA) is 67.7 Å². The highest BCUT2D eigenvalue weighted by Crippen LogP contribution is 2.48. The number of morpholine rings is 1. The third-order valence-corrected chi connectivity index (χ3v) is 7.95. The standard InChI is InChI=1S/C28H30F2N4O3S/c1-28(2,3)26-24-25(20-6-4-5-7-21(20)30)38-17-23(36)33(16-22(35)32-12-14-37-15-13-32)27(24)34(31-26)19-10-8-18(29)9-11-19/h4-11,25H,12-17H2,1-3H3. The molecule has 0 spiro atoms. The number of halogens is 2. The van der Waals surface area contributed by atoms with Gasteiger partial charge in [0.05, 0.1) is 35.6 Å². The average molecular weight is 541 g/mol. The lowest BCUT2D eigenvalue weighted by atomic mass is 9.87. The maximum Gasteiger partial charge on any atom is 0.242 e. The predicted molar refractivity (Wildman–Crippen MR) is 143 cm³/mol. The van der Waals surface area contributed by atoms with Crippen LogP contribution < -0.4 is 4.90 Å². The molecule has 1 atom stereocenters. The molecule has 7 nitrogen and oxygen atoms in total. The Bertz CT molecular complexity index is 1350. The van der Waals surface area contributed by atoms with Crippen molar-refractivity contribution < 1.29 is 23.1 Å². The summed E-state index contributed by atoms with van der Waals surface area (Å²) in [4.78, 5) is 30.2. The fraction of sp³-hybridized carbons (Fsp3) is 0.393. The first kappa shape index (κ1) is 26.4. The van der Waals surface area contributed by atoms with Gasteiger partial charge in [0.2, 0.25) is 11.8 Å². The van der Waals surface area contributed by atoms with Gasteiger partial charge < -0.3 is 9.64 Å². The van der Waals surface area contributed by atoms with Crippen LogP contribution in [0.2, 0.25) is 0 Å². The van der Waals surface area contributed by atoms with Crippen molar-refractivity contribution in [3.8, 4) is 5.69 Å². The van der Waals surface area contributed by atoms with Gasteiger partial charge in [-0.3, -0.25) is 14.5 Å². The normalized spacial score (nSPS) is 18.3. The van der Waals surface area contributed by atoms with Crippen molar-refractivity contribution in [2.75, 3.05) is 43.5 Å². The second-order valence-corrected chi connectivity index (χ2v) is 11.5. The average Bonchev–Trinajstić information content (AvgIpc) is 3.24. The number of amides is 2. The number of ether oxygens (including phenoxy) is 1. The first-order chi connectivity index (χ1) is 18.1. The molecule has 1 saturated heterocycles. The molecule has 200 valence electrons. The molecular formula is C28H30F2N4O3S. The summed E-state index contributed by atoms with van der Waals surface area (Å²) in [5.74, 6) is -0.802. The van der Waals surface area contributed by atoms with E-state index in [4.69, 9.17) is 9.84 Å². The Morgan fingerprint density at radius 2 is 1.76 bits per heavy atom. The van der Waals surface area contributed by atoms with Crippen LogP contribution in [0.5, 0.6) is 0 Å². The number of hydrogen-bond acceptors (Lipinski definition) is 5. The number of fused-ring (bicyclic) bond motifs is 1. The fourth-order valence-corrected chi connectivity index (χ4v) is 6.04. The quantitative estimate of drug-likeness (QED) is 0.488. The first-order valence-corrected chi connectivity index (χ1v) is 13.6. The van der Waals surface area contributed by atoms with Gasteiger partial charge in [0, 0.05) is 29.6 Å². The van der Waals surface area contributed by atoms with Crippen LogP contribution in [0.25, 0.3) is 5.69 Å². The number of benzene rings is 2. The molecule has 3 heterocycles. The van der Waals surface area contributed by atoms with Crippen molar-refractivity contribution in [1.82, 2.24) is 14.7 Å². The number of carbonyl (C=O) groups excluding carboxylic acids is 2. The molecule has 1 unspecified atom stereocenters. The van der Waals surface area contributed by atoms with Crippen molar-refractivity contribution in [3.05, 3.63) is 77.0 Å². The van der Waals surface area contributed by atoms with E-state index >= 15 is 4.39 Å². The van der Waals surface area contributed by atoms with E-state index in [9.17, 15) is 14.0 Å². The largest absolute Gasteiger partial charge is 0.378 e. The van der Waals surface area contributed by atoms with Crippen molar-refractivity contribution in [2.45, 2.75) is 31.4 Å². The lowest BCUT2D eigenvalue weighted by Gasteiger charge is -2.30. The number of rotatable bonds is 4. The summed E-state index contributed by atoms with van der Waals surface area (Å²) in [5, 5.41) is 4.39. The third kappa shape index (κ3) is 5.07. The molecule has 5 rings (SSSR count). The van der Waals surface area contributed by atoms with Crippen LogP contribution in [0.4, 0.5) is 14.6 Å². The summed E-state index contributed by atoms with van der Waals surface area (Å²) in [6.45, 7) is 7.61. The number of aromatic nitrogens is 2. The summed E-state index contributed by atoms with van der Waals surface area (Å²) >= 11 is 1.32. The van der Waals surface area contributed by atoms with Crippen molar-refractivity contribution in [3.63, 3.8) is 0 Å². The van der Waals surface area contributed by atoms with Gasteiger partial charge in [-0.1, -0.05) is 39.0 Å². The zero-order valence-corrected chi connectivity index (χ0v) is 22.4. The zero-order valence-electron chi connectivity index (χ0n) is 21.6. The SMILES string of the molecule is CC(C)(C)c1nn(-c2ccc(F)cc2)c2c1C(c1ccccc1F)SCC(=O)N2CC(=O)N1CCOCC1. The van der Waals surface area contributed by atoms with Crippen LogP contribution in [0.1, 0.15) is 42.8 Å². The number of carbonyl (C=O) groups is 2. The Morgan fingerprint density at radius 1 is 1.08 bits per heavy atom. The highest BCUT2D eigenvalue weighted by atomic mass is 32.2. The summed E-state index contributed by atoms with van der Waals surface area (Å²) < 4.78 is 36.0. The molecule has 2 aliphatic rings. The van der Waals surface area contributed by atoms with Crippen LogP contribution in [-0.2, 0) is 19.7 Å². The molecule has 2 aliphatic heterocycles. The van der Waals surface area contributed by atoms with Crippen molar-refractivity contribution >= 4 is 29.4 Å².